The number of hydrogen-bond donors (Lipinski definition) is 2. The van der Waals surface area contributed by atoms with Crippen LogP contribution < -0.4 is 14.2 Å². The number of nitrogens with two attached hydrogens (primary N) is 1. The van der Waals surface area contributed by atoms with Gasteiger partial charge < -0.3 is 18.8 Å². The van der Waals surface area contributed by atoms with E-state index in [4.69, 9.17) is 14.1 Å². The quantitative estimate of drug-likeness (QED) is 0.698. The van der Waals surface area contributed by atoms with E-state index in [9.17, 15) is 8.42 Å². The van der Waals surface area contributed by atoms with Crippen molar-refractivity contribution in [1.29, 1.82) is 0 Å². The fourth-order valence-corrected chi connectivity index (χ4v) is 3.41. The summed E-state index contributed by atoms with van der Waals surface area (Å²) in [6, 6.07) is 6.70. The smallest absolute Gasteiger partial charge is 0.378 e. The number of nitrogens with zero attached hydrogens (tertiary/aromatic N) is 3. The van der Waals surface area contributed by atoms with Crippen LogP contribution in [0.3, 0.4) is 0 Å². The van der Waals surface area contributed by atoms with E-state index in [2.05, 4.69) is 19.9 Å². The summed E-state index contributed by atoms with van der Waals surface area (Å²) in [5.74, 6) is 0.955. The molecule has 3 aromatic rings. The van der Waals surface area contributed by atoms with Crippen molar-refractivity contribution >= 4 is 27.2 Å². The van der Waals surface area contributed by atoms with Crippen LogP contribution in [0.25, 0.3) is 22.2 Å². The highest BCUT2D eigenvalue weighted by Gasteiger charge is 2.20. The van der Waals surface area contributed by atoms with Gasteiger partial charge in [0.05, 0.1) is 18.6 Å². The third-order valence-electron chi connectivity index (χ3n) is 4.12. The third kappa shape index (κ3) is 3.34. The fourth-order valence-electron chi connectivity index (χ4n) is 3.04. The Morgan fingerprint density at radius 1 is 1.23 bits per heavy atom. The van der Waals surface area contributed by atoms with Crippen LogP contribution in [0.5, 0.6) is 5.75 Å². The van der Waals surface area contributed by atoms with E-state index in [0.717, 1.165) is 35.4 Å². The second kappa shape index (κ2) is 6.56. The zero-order valence-corrected chi connectivity index (χ0v) is 14.6. The molecule has 1 aliphatic heterocycles. The molecule has 1 aliphatic rings. The molecule has 1 saturated heterocycles. The molecule has 136 valence electrons. The van der Waals surface area contributed by atoms with E-state index >= 15 is 0 Å². The molecule has 0 amide bonds. The van der Waals surface area contributed by atoms with Gasteiger partial charge in [0, 0.05) is 24.8 Å². The topological polar surface area (TPSA) is 123 Å². The third-order valence-corrected chi connectivity index (χ3v) is 4.54. The van der Waals surface area contributed by atoms with Gasteiger partial charge >= 0.3 is 10.3 Å². The van der Waals surface area contributed by atoms with Crippen molar-refractivity contribution < 1.29 is 17.3 Å². The largest absolute Gasteiger partial charge is 0.380 e. The summed E-state index contributed by atoms with van der Waals surface area (Å²) in [5.41, 5.74) is 2.32. The van der Waals surface area contributed by atoms with Gasteiger partial charge in [-0.15, -0.1) is 0 Å². The lowest BCUT2D eigenvalue weighted by Crippen LogP contribution is -2.36. The van der Waals surface area contributed by atoms with Gasteiger partial charge in [-0.1, -0.05) is 12.1 Å². The molecule has 10 heteroatoms. The maximum atomic E-state index is 11.2. The van der Waals surface area contributed by atoms with Crippen LogP contribution in [0.1, 0.15) is 0 Å². The first-order valence-corrected chi connectivity index (χ1v) is 9.46. The summed E-state index contributed by atoms with van der Waals surface area (Å²) in [6.07, 6.45) is 3.34. The second-order valence-corrected chi connectivity index (χ2v) is 6.98. The van der Waals surface area contributed by atoms with E-state index in [1.54, 1.807) is 12.1 Å². The van der Waals surface area contributed by atoms with E-state index < -0.39 is 10.3 Å². The molecular formula is C16H17N5O4S. The number of anilines is 1. The molecule has 0 radical (unpaired) electrons. The molecule has 26 heavy (non-hydrogen) atoms. The molecule has 1 fully saturated rings. The highest BCUT2D eigenvalue weighted by Crippen LogP contribution is 2.35. The Balaban J connectivity index is 1.81. The number of benzene rings is 1. The Morgan fingerprint density at radius 2 is 2.04 bits per heavy atom. The van der Waals surface area contributed by atoms with Gasteiger partial charge in [0.15, 0.2) is 0 Å². The monoisotopic (exact) mass is 375 g/mol. The van der Waals surface area contributed by atoms with Crippen LogP contribution in [0, 0.1) is 0 Å². The lowest BCUT2D eigenvalue weighted by atomic mass is 10.1. The highest BCUT2D eigenvalue weighted by molar-refractivity contribution is 7.84. The first kappa shape index (κ1) is 16.8. The van der Waals surface area contributed by atoms with Gasteiger partial charge in [0.2, 0.25) is 0 Å². The number of morpholine rings is 1. The zero-order chi connectivity index (χ0) is 18.1. The number of aromatic amines is 1. The summed E-state index contributed by atoms with van der Waals surface area (Å²) >= 11 is 0. The van der Waals surface area contributed by atoms with E-state index in [0.29, 0.717) is 18.9 Å². The predicted molar refractivity (Wildman–Crippen MR) is 96.1 cm³/mol. The van der Waals surface area contributed by atoms with Crippen LogP contribution in [-0.4, -0.2) is 49.7 Å². The standard InChI is InChI=1S/C16H17N5O4S/c17-26(22,23)25-12-3-1-2-11(8-12)13-9-18-15-14(13)16(20-10-19-15)21-4-6-24-7-5-21/h1-3,8-10H,4-7H2,(H2,17,22,23)(H,18,19,20). The fraction of sp³-hybridized carbons (Fsp3) is 0.250. The van der Waals surface area contributed by atoms with Crippen LogP contribution in [0.15, 0.2) is 36.8 Å². The number of ether oxygens (including phenoxy) is 1. The summed E-state index contributed by atoms with van der Waals surface area (Å²) in [7, 11) is -4.09. The Morgan fingerprint density at radius 3 is 2.81 bits per heavy atom. The minimum absolute atomic E-state index is 0.143. The Labute approximate surface area is 150 Å². The van der Waals surface area contributed by atoms with E-state index in [-0.39, 0.29) is 5.75 Å². The highest BCUT2D eigenvalue weighted by atomic mass is 32.2. The second-order valence-electron chi connectivity index (χ2n) is 5.83. The number of hydrogen-bond acceptors (Lipinski definition) is 7. The van der Waals surface area contributed by atoms with Crippen molar-refractivity contribution in [2.24, 2.45) is 5.14 Å². The van der Waals surface area contributed by atoms with Gasteiger partial charge in [0.25, 0.3) is 0 Å². The summed E-state index contributed by atoms with van der Waals surface area (Å²) < 4.78 is 32.6. The number of fused-ring (bicyclic) bond motifs is 1. The lowest BCUT2D eigenvalue weighted by molar-refractivity contribution is 0.122. The lowest BCUT2D eigenvalue weighted by Gasteiger charge is -2.28. The molecule has 0 aliphatic carbocycles. The van der Waals surface area contributed by atoms with Crippen molar-refractivity contribution in [3.05, 3.63) is 36.8 Å². The zero-order valence-electron chi connectivity index (χ0n) is 13.8. The van der Waals surface area contributed by atoms with Crippen molar-refractivity contribution in [3.8, 4) is 16.9 Å². The first-order chi connectivity index (χ1) is 12.5. The molecule has 0 unspecified atom stereocenters. The van der Waals surface area contributed by atoms with Gasteiger partial charge in [-0.05, 0) is 17.7 Å². The first-order valence-electron chi connectivity index (χ1n) is 7.99. The minimum Gasteiger partial charge on any atom is -0.378 e. The van der Waals surface area contributed by atoms with Crippen molar-refractivity contribution in [2.75, 3.05) is 31.2 Å². The molecule has 0 saturated carbocycles. The SMILES string of the molecule is NS(=O)(=O)Oc1cccc(-c2c[nH]c3ncnc(N4CCOCC4)c23)c1. The Bertz CT molecular complexity index is 1040. The molecule has 3 heterocycles. The maximum Gasteiger partial charge on any atom is 0.380 e. The molecule has 0 bridgehead atoms. The molecule has 4 rings (SSSR count). The van der Waals surface area contributed by atoms with E-state index in [1.165, 1.54) is 12.4 Å². The average molecular weight is 375 g/mol. The number of aromatic nitrogens is 3. The van der Waals surface area contributed by atoms with Gasteiger partial charge in [0.1, 0.15) is 23.5 Å². The molecule has 3 N–H and O–H groups in total. The minimum atomic E-state index is -4.09. The Kier molecular flexibility index (Phi) is 4.23. The van der Waals surface area contributed by atoms with Crippen LogP contribution in [0.2, 0.25) is 0 Å². The van der Waals surface area contributed by atoms with Crippen LogP contribution >= 0.6 is 0 Å². The predicted octanol–water partition coefficient (Wildman–Crippen LogP) is 1.04. The van der Waals surface area contributed by atoms with Gasteiger partial charge in [-0.2, -0.15) is 13.6 Å². The average Bonchev–Trinajstić information content (AvgIpc) is 3.05. The molecular weight excluding hydrogens is 358 g/mol. The van der Waals surface area contributed by atoms with E-state index in [1.807, 2.05) is 12.3 Å². The number of rotatable bonds is 4. The van der Waals surface area contributed by atoms with Crippen molar-refractivity contribution in [1.82, 2.24) is 15.0 Å². The number of H-pyrrole nitrogens is 1. The van der Waals surface area contributed by atoms with Gasteiger partial charge in [-0.3, -0.25) is 0 Å². The summed E-state index contributed by atoms with van der Waals surface area (Å²) in [4.78, 5) is 14.0. The van der Waals surface area contributed by atoms with Crippen LogP contribution in [-0.2, 0) is 15.0 Å². The molecule has 9 nitrogen and oxygen atoms in total. The maximum absolute atomic E-state index is 11.2. The van der Waals surface area contributed by atoms with Gasteiger partial charge in [-0.25, -0.2) is 9.97 Å². The summed E-state index contributed by atoms with van der Waals surface area (Å²) in [5, 5.41) is 5.82. The summed E-state index contributed by atoms with van der Waals surface area (Å²) in [6.45, 7) is 2.77. The molecule has 2 aromatic heterocycles. The molecule has 0 atom stereocenters. The van der Waals surface area contributed by atoms with Crippen molar-refractivity contribution in [2.45, 2.75) is 0 Å². The Hall–Kier alpha value is -2.69. The molecule has 0 spiro atoms. The normalized spacial score (nSPS) is 15.3. The number of nitrogens with one attached hydrogen (secondary N) is 1. The van der Waals surface area contributed by atoms with Crippen molar-refractivity contribution in [3.63, 3.8) is 0 Å². The van der Waals surface area contributed by atoms with Crippen LogP contribution in [0.4, 0.5) is 5.82 Å². The molecule has 1 aromatic carbocycles.